The predicted molar refractivity (Wildman–Crippen MR) is 110 cm³/mol. The Morgan fingerprint density at radius 2 is 1.82 bits per heavy atom. The number of ether oxygens (including phenoxy) is 1. The first-order valence-electron chi connectivity index (χ1n) is 8.45. The number of carbonyl (C=O) groups excluding carboxylic acids is 2. The summed E-state index contributed by atoms with van der Waals surface area (Å²) in [6.45, 7) is 1.48. The maximum absolute atomic E-state index is 12.5. The van der Waals surface area contributed by atoms with Crippen LogP contribution in [-0.2, 0) is 0 Å². The highest BCUT2D eigenvalue weighted by molar-refractivity contribution is 6.32. The lowest BCUT2D eigenvalue weighted by Gasteiger charge is -2.10. The molecular formula is C21H18ClN3O3. The number of ketones is 1. The quantitative estimate of drug-likeness (QED) is 0.577. The molecule has 1 heterocycles. The second kappa shape index (κ2) is 8.54. The Bertz CT molecular complexity index is 1040. The number of halogens is 1. The fourth-order valence-electron chi connectivity index (χ4n) is 2.55. The van der Waals surface area contributed by atoms with Gasteiger partial charge in [-0.2, -0.15) is 0 Å². The Balaban J connectivity index is 1.75. The molecule has 0 aliphatic rings. The van der Waals surface area contributed by atoms with E-state index in [-0.39, 0.29) is 11.7 Å². The Morgan fingerprint density at radius 1 is 1.00 bits per heavy atom. The highest BCUT2D eigenvalue weighted by Gasteiger charge is 2.10. The first kappa shape index (κ1) is 19.4. The van der Waals surface area contributed by atoms with Crippen molar-refractivity contribution in [1.29, 1.82) is 0 Å². The molecule has 2 N–H and O–H groups in total. The Labute approximate surface area is 167 Å². The van der Waals surface area contributed by atoms with E-state index in [1.165, 1.54) is 13.1 Å². The first-order chi connectivity index (χ1) is 13.5. The van der Waals surface area contributed by atoms with Gasteiger partial charge in [0, 0.05) is 28.7 Å². The number of amides is 1. The highest BCUT2D eigenvalue weighted by Crippen LogP contribution is 2.28. The van der Waals surface area contributed by atoms with E-state index in [1.54, 1.807) is 61.7 Å². The van der Waals surface area contributed by atoms with Crippen molar-refractivity contribution in [2.45, 2.75) is 6.92 Å². The van der Waals surface area contributed by atoms with E-state index in [2.05, 4.69) is 15.6 Å². The van der Waals surface area contributed by atoms with Crippen molar-refractivity contribution >= 4 is 40.5 Å². The number of benzene rings is 2. The maximum atomic E-state index is 12.5. The summed E-state index contributed by atoms with van der Waals surface area (Å²) in [5.74, 6) is 0.691. The van der Waals surface area contributed by atoms with Crippen LogP contribution in [0.2, 0.25) is 5.02 Å². The van der Waals surface area contributed by atoms with E-state index in [1.807, 2.05) is 0 Å². The number of methoxy groups -OCH3 is 1. The molecule has 1 aromatic heterocycles. The lowest BCUT2D eigenvalue weighted by molar-refractivity contribution is 0.101. The lowest BCUT2D eigenvalue weighted by Crippen LogP contribution is -2.12. The van der Waals surface area contributed by atoms with Gasteiger partial charge in [0.1, 0.15) is 11.6 Å². The first-order valence-corrected chi connectivity index (χ1v) is 8.83. The Kier molecular flexibility index (Phi) is 5.91. The standard InChI is InChI=1S/C21H18ClN3O3/c1-13(26)14-4-3-5-16(10-14)25-21(27)15-8-9-23-20(11-15)24-17-6-7-19(28-2)18(22)12-17/h3-12H,1-2H3,(H,23,24)(H,25,27). The molecule has 6 nitrogen and oxygen atoms in total. The van der Waals surface area contributed by atoms with Gasteiger partial charge in [-0.15, -0.1) is 0 Å². The van der Waals surface area contributed by atoms with Crippen LogP contribution in [0.1, 0.15) is 27.6 Å². The summed E-state index contributed by atoms with van der Waals surface area (Å²) in [5, 5.41) is 6.35. The van der Waals surface area contributed by atoms with Crippen molar-refractivity contribution in [3.63, 3.8) is 0 Å². The van der Waals surface area contributed by atoms with Gasteiger partial charge in [-0.05, 0) is 49.4 Å². The molecule has 0 saturated heterocycles. The topological polar surface area (TPSA) is 80.3 Å². The van der Waals surface area contributed by atoms with Crippen molar-refractivity contribution in [1.82, 2.24) is 4.98 Å². The van der Waals surface area contributed by atoms with Gasteiger partial charge < -0.3 is 15.4 Å². The molecule has 0 atom stereocenters. The van der Waals surface area contributed by atoms with Gasteiger partial charge in [-0.25, -0.2) is 4.98 Å². The zero-order chi connectivity index (χ0) is 20.1. The summed E-state index contributed by atoms with van der Waals surface area (Å²) in [7, 11) is 1.55. The molecule has 0 aliphatic carbocycles. The zero-order valence-corrected chi connectivity index (χ0v) is 16.1. The third-order valence-electron chi connectivity index (χ3n) is 3.97. The van der Waals surface area contributed by atoms with Gasteiger partial charge in [0.2, 0.25) is 0 Å². The third kappa shape index (κ3) is 4.66. The molecule has 142 valence electrons. The zero-order valence-electron chi connectivity index (χ0n) is 15.3. The number of nitrogens with zero attached hydrogens (tertiary/aromatic N) is 1. The monoisotopic (exact) mass is 395 g/mol. The number of pyridine rings is 1. The molecule has 1 amide bonds. The van der Waals surface area contributed by atoms with Crippen molar-refractivity contribution in [2.75, 3.05) is 17.7 Å². The van der Waals surface area contributed by atoms with Crippen LogP contribution in [-0.4, -0.2) is 23.8 Å². The minimum absolute atomic E-state index is 0.0651. The van der Waals surface area contributed by atoms with Gasteiger partial charge in [-0.1, -0.05) is 23.7 Å². The number of aromatic nitrogens is 1. The summed E-state index contributed by atoms with van der Waals surface area (Å²) in [6.07, 6.45) is 1.54. The average molecular weight is 396 g/mol. The molecule has 3 rings (SSSR count). The number of rotatable bonds is 6. The molecule has 0 fully saturated rings. The molecule has 0 aliphatic heterocycles. The second-order valence-corrected chi connectivity index (χ2v) is 6.40. The minimum atomic E-state index is -0.307. The van der Waals surface area contributed by atoms with Crippen molar-refractivity contribution in [2.24, 2.45) is 0 Å². The van der Waals surface area contributed by atoms with Crippen LogP contribution in [0.4, 0.5) is 17.2 Å². The van der Waals surface area contributed by atoms with Gasteiger partial charge >= 0.3 is 0 Å². The SMILES string of the molecule is COc1ccc(Nc2cc(C(=O)Nc3cccc(C(C)=O)c3)ccn2)cc1Cl. The van der Waals surface area contributed by atoms with Crippen LogP contribution in [0.15, 0.2) is 60.8 Å². The molecule has 2 aromatic carbocycles. The molecule has 3 aromatic rings. The average Bonchev–Trinajstić information content (AvgIpc) is 2.68. The minimum Gasteiger partial charge on any atom is -0.495 e. The Morgan fingerprint density at radius 3 is 2.54 bits per heavy atom. The van der Waals surface area contributed by atoms with E-state index in [9.17, 15) is 9.59 Å². The normalized spacial score (nSPS) is 10.2. The molecule has 7 heteroatoms. The summed E-state index contributed by atoms with van der Waals surface area (Å²) in [4.78, 5) is 28.3. The summed E-state index contributed by atoms with van der Waals surface area (Å²) in [5.41, 5.74) is 2.22. The van der Waals surface area contributed by atoms with E-state index in [4.69, 9.17) is 16.3 Å². The third-order valence-corrected chi connectivity index (χ3v) is 4.27. The fraction of sp³-hybridized carbons (Fsp3) is 0.0952. The van der Waals surface area contributed by atoms with Crippen LogP contribution in [0.5, 0.6) is 5.75 Å². The van der Waals surface area contributed by atoms with E-state index in [0.29, 0.717) is 39.1 Å². The number of hydrogen-bond donors (Lipinski definition) is 2. The molecule has 0 spiro atoms. The summed E-state index contributed by atoms with van der Waals surface area (Å²) in [6, 6.07) is 15.3. The van der Waals surface area contributed by atoms with Crippen LogP contribution in [0.25, 0.3) is 0 Å². The summed E-state index contributed by atoms with van der Waals surface area (Å²) < 4.78 is 5.13. The van der Waals surface area contributed by atoms with Crippen LogP contribution in [0, 0.1) is 0 Å². The molecule has 0 bridgehead atoms. The van der Waals surface area contributed by atoms with Gasteiger partial charge in [-0.3, -0.25) is 9.59 Å². The van der Waals surface area contributed by atoms with E-state index < -0.39 is 0 Å². The second-order valence-electron chi connectivity index (χ2n) is 6.00. The van der Waals surface area contributed by atoms with Crippen LogP contribution >= 0.6 is 11.6 Å². The maximum Gasteiger partial charge on any atom is 0.255 e. The number of Topliss-reactive ketones (excluding diaryl/α,β-unsaturated/α-hetero) is 1. The molecule has 0 radical (unpaired) electrons. The van der Waals surface area contributed by atoms with E-state index in [0.717, 1.165) is 0 Å². The van der Waals surface area contributed by atoms with Crippen LogP contribution < -0.4 is 15.4 Å². The fourth-order valence-corrected chi connectivity index (χ4v) is 2.81. The Hall–Kier alpha value is -3.38. The lowest BCUT2D eigenvalue weighted by atomic mass is 10.1. The van der Waals surface area contributed by atoms with Crippen molar-refractivity contribution in [3.8, 4) is 5.75 Å². The molecule has 0 unspecified atom stereocenters. The van der Waals surface area contributed by atoms with Gasteiger partial charge in [0.05, 0.1) is 12.1 Å². The highest BCUT2D eigenvalue weighted by atomic mass is 35.5. The number of carbonyl (C=O) groups is 2. The predicted octanol–water partition coefficient (Wildman–Crippen LogP) is 4.94. The van der Waals surface area contributed by atoms with Crippen molar-refractivity contribution in [3.05, 3.63) is 76.9 Å². The number of hydrogen-bond acceptors (Lipinski definition) is 5. The largest absolute Gasteiger partial charge is 0.495 e. The van der Waals surface area contributed by atoms with Crippen molar-refractivity contribution < 1.29 is 14.3 Å². The van der Waals surface area contributed by atoms with E-state index >= 15 is 0 Å². The van der Waals surface area contributed by atoms with Crippen LogP contribution in [0.3, 0.4) is 0 Å². The van der Waals surface area contributed by atoms with Gasteiger partial charge in [0.15, 0.2) is 5.78 Å². The smallest absolute Gasteiger partial charge is 0.255 e. The number of anilines is 3. The molecule has 0 saturated carbocycles. The molecule has 28 heavy (non-hydrogen) atoms. The number of nitrogens with one attached hydrogen (secondary N) is 2. The van der Waals surface area contributed by atoms with Gasteiger partial charge in [0.25, 0.3) is 5.91 Å². The molecular weight excluding hydrogens is 378 g/mol. The summed E-state index contributed by atoms with van der Waals surface area (Å²) >= 11 is 6.13.